The predicted molar refractivity (Wildman–Crippen MR) is 108 cm³/mol. The fourth-order valence-electron chi connectivity index (χ4n) is 5.11. The Morgan fingerprint density at radius 3 is 1.70 bits per heavy atom. The maximum Gasteiger partial charge on any atom is -0.0292 e. The molecule has 0 bridgehead atoms. The Morgan fingerprint density at radius 2 is 1.35 bits per heavy atom. The Labute approximate surface area is 149 Å². The first-order chi connectivity index (χ1) is 10.6. The summed E-state index contributed by atoms with van der Waals surface area (Å²) in [7, 11) is 0. The van der Waals surface area contributed by atoms with Crippen LogP contribution >= 0.6 is 0 Å². The molecule has 0 heterocycles. The van der Waals surface area contributed by atoms with E-state index in [4.69, 9.17) is 0 Å². The van der Waals surface area contributed by atoms with Crippen LogP contribution in [0.4, 0.5) is 0 Å². The molecule has 0 rings (SSSR count). The van der Waals surface area contributed by atoms with Gasteiger partial charge in [-0.3, -0.25) is 0 Å². The molecule has 0 aliphatic heterocycles. The average Bonchev–Trinajstić information content (AvgIpc) is 2.42. The zero-order valence-corrected chi connectivity index (χ0v) is 18.2. The van der Waals surface area contributed by atoms with E-state index >= 15 is 0 Å². The largest absolute Gasteiger partial charge is 0.0651 e. The van der Waals surface area contributed by atoms with E-state index in [0.29, 0.717) is 5.41 Å². The molecule has 0 saturated heterocycles. The summed E-state index contributed by atoms with van der Waals surface area (Å²) in [5.41, 5.74) is 0.513. The minimum atomic E-state index is 0.513. The van der Waals surface area contributed by atoms with Crippen LogP contribution in [-0.4, -0.2) is 0 Å². The quantitative estimate of drug-likeness (QED) is 0.339. The molecule has 0 aromatic carbocycles. The lowest BCUT2D eigenvalue weighted by molar-refractivity contribution is 0.0606. The third-order valence-electron chi connectivity index (χ3n) is 6.33. The summed E-state index contributed by atoms with van der Waals surface area (Å²) in [4.78, 5) is 0. The minimum Gasteiger partial charge on any atom is -0.0651 e. The predicted octanol–water partition coefficient (Wildman–Crippen LogP) is 8.21. The zero-order valence-electron chi connectivity index (χ0n) is 18.2. The van der Waals surface area contributed by atoms with Crippen molar-refractivity contribution in [1.82, 2.24) is 0 Å². The first-order valence-corrected chi connectivity index (χ1v) is 10.6. The van der Waals surface area contributed by atoms with E-state index in [1.807, 2.05) is 0 Å². The van der Waals surface area contributed by atoms with Crippen molar-refractivity contribution >= 4 is 0 Å². The SMILES string of the molecule is CCC(CC(C)(CCC(C)C)C(CC)C(C)C)C(C)CC(C)C. The highest BCUT2D eigenvalue weighted by atomic mass is 14.4. The molecular formula is C23H48. The summed E-state index contributed by atoms with van der Waals surface area (Å²) >= 11 is 0. The van der Waals surface area contributed by atoms with Gasteiger partial charge in [-0.05, 0) is 60.2 Å². The molecule has 0 N–H and O–H groups in total. The molecule has 0 aromatic rings. The fraction of sp³-hybridized carbons (Fsp3) is 1.00. The molecule has 0 amide bonds. The third kappa shape index (κ3) is 8.08. The van der Waals surface area contributed by atoms with Crippen molar-refractivity contribution < 1.29 is 0 Å². The van der Waals surface area contributed by atoms with Gasteiger partial charge in [0.15, 0.2) is 0 Å². The Morgan fingerprint density at radius 1 is 0.783 bits per heavy atom. The van der Waals surface area contributed by atoms with E-state index in [2.05, 4.69) is 69.2 Å². The van der Waals surface area contributed by atoms with Crippen molar-refractivity contribution in [3.8, 4) is 0 Å². The Bertz CT molecular complexity index is 288. The smallest absolute Gasteiger partial charge is 0.0292 e. The Hall–Kier alpha value is 0. The van der Waals surface area contributed by atoms with Crippen molar-refractivity contribution in [3.63, 3.8) is 0 Å². The lowest BCUT2D eigenvalue weighted by atomic mass is 9.61. The van der Waals surface area contributed by atoms with E-state index in [1.165, 1.54) is 38.5 Å². The number of hydrogen-bond acceptors (Lipinski definition) is 0. The van der Waals surface area contributed by atoms with E-state index < -0.39 is 0 Å². The van der Waals surface area contributed by atoms with Crippen LogP contribution < -0.4 is 0 Å². The highest BCUT2D eigenvalue weighted by Gasteiger charge is 2.37. The van der Waals surface area contributed by atoms with Crippen LogP contribution in [0.1, 0.15) is 108 Å². The molecule has 23 heavy (non-hydrogen) atoms. The number of rotatable bonds is 12. The molecule has 0 radical (unpaired) electrons. The summed E-state index contributed by atoms with van der Waals surface area (Å²) in [5.74, 6) is 5.07. The third-order valence-corrected chi connectivity index (χ3v) is 6.33. The molecule has 0 spiro atoms. The van der Waals surface area contributed by atoms with E-state index in [9.17, 15) is 0 Å². The van der Waals surface area contributed by atoms with Crippen LogP contribution in [-0.2, 0) is 0 Å². The van der Waals surface area contributed by atoms with E-state index in [-0.39, 0.29) is 0 Å². The van der Waals surface area contributed by atoms with Crippen LogP contribution in [0.25, 0.3) is 0 Å². The van der Waals surface area contributed by atoms with Gasteiger partial charge in [-0.1, -0.05) is 88.5 Å². The molecule has 4 atom stereocenters. The molecule has 0 nitrogen and oxygen atoms in total. The fourth-order valence-corrected chi connectivity index (χ4v) is 5.11. The maximum atomic E-state index is 2.62. The average molecular weight is 325 g/mol. The second-order valence-corrected chi connectivity index (χ2v) is 9.82. The van der Waals surface area contributed by atoms with Gasteiger partial charge in [-0.25, -0.2) is 0 Å². The molecule has 0 aliphatic carbocycles. The standard InChI is InChI=1S/C23H48/c1-11-21(20(9)15-18(5)6)16-23(10,14-13-17(3)4)22(12-2)19(7)8/h17-22H,11-16H2,1-10H3. The normalized spacial score (nSPS) is 19.2. The van der Waals surface area contributed by atoms with Gasteiger partial charge in [0.1, 0.15) is 0 Å². The van der Waals surface area contributed by atoms with Gasteiger partial charge >= 0.3 is 0 Å². The van der Waals surface area contributed by atoms with Crippen LogP contribution in [0.3, 0.4) is 0 Å². The van der Waals surface area contributed by atoms with Crippen LogP contribution in [0.15, 0.2) is 0 Å². The van der Waals surface area contributed by atoms with Gasteiger partial charge in [0, 0.05) is 0 Å². The summed E-state index contributed by atoms with van der Waals surface area (Å²) in [6.45, 7) is 24.4. The second kappa shape index (κ2) is 10.8. The van der Waals surface area contributed by atoms with Crippen molar-refractivity contribution in [3.05, 3.63) is 0 Å². The summed E-state index contributed by atoms with van der Waals surface area (Å²) < 4.78 is 0. The number of hydrogen-bond donors (Lipinski definition) is 0. The summed E-state index contributed by atoms with van der Waals surface area (Å²) in [5, 5.41) is 0. The molecular weight excluding hydrogens is 276 g/mol. The lowest BCUT2D eigenvalue weighted by Gasteiger charge is -2.44. The van der Waals surface area contributed by atoms with Crippen LogP contribution in [0.2, 0.25) is 0 Å². The molecule has 0 aromatic heterocycles. The summed E-state index contributed by atoms with van der Waals surface area (Å²) in [6.07, 6.45) is 8.29. The van der Waals surface area contributed by atoms with E-state index in [1.54, 1.807) is 0 Å². The van der Waals surface area contributed by atoms with Gasteiger partial charge < -0.3 is 0 Å². The van der Waals surface area contributed by atoms with Crippen molar-refractivity contribution in [2.24, 2.45) is 40.9 Å². The first-order valence-electron chi connectivity index (χ1n) is 10.6. The highest BCUT2D eigenvalue weighted by Crippen LogP contribution is 2.47. The van der Waals surface area contributed by atoms with Gasteiger partial charge in [0.05, 0.1) is 0 Å². The van der Waals surface area contributed by atoms with Gasteiger partial charge in [-0.15, -0.1) is 0 Å². The Kier molecular flexibility index (Phi) is 10.8. The second-order valence-electron chi connectivity index (χ2n) is 9.82. The van der Waals surface area contributed by atoms with Crippen molar-refractivity contribution in [2.75, 3.05) is 0 Å². The molecule has 0 fully saturated rings. The van der Waals surface area contributed by atoms with Gasteiger partial charge in [0.25, 0.3) is 0 Å². The lowest BCUT2D eigenvalue weighted by Crippen LogP contribution is -2.35. The first kappa shape index (κ1) is 23.0. The van der Waals surface area contributed by atoms with Crippen LogP contribution in [0.5, 0.6) is 0 Å². The van der Waals surface area contributed by atoms with Gasteiger partial charge in [0.2, 0.25) is 0 Å². The van der Waals surface area contributed by atoms with Gasteiger partial charge in [-0.2, -0.15) is 0 Å². The Balaban J connectivity index is 5.23. The summed E-state index contributed by atoms with van der Waals surface area (Å²) in [6, 6.07) is 0. The molecule has 4 unspecified atom stereocenters. The van der Waals surface area contributed by atoms with Crippen molar-refractivity contribution in [2.45, 2.75) is 108 Å². The van der Waals surface area contributed by atoms with Crippen LogP contribution in [0, 0.1) is 40.9 Å². The van der Waals surface area contributed by atoms with E-state index in [0.717, 1.165) is 35.5 Å². The minimum absolute atomic E-state index is 0.513. The zero-order chi connectivity index (χ0) is 18.2. The van der Waals surface area contributed by atoms with Crippen molar-refractivity contribution in [1.29, 1.82) is 0 Å². The highest BCUT2D eigenvalue weighted by molar-refractivity contribution is 4.87. The molecule has 0 saturated carbocycles. The molecule has 140 valence electrons. The monoisotopic (exact) mass is 324 g/mol. The molecule has 0 aliphatic rings. The topological polar surface area (TPSA) is 0 Å². The maximum absolute atomic E-state index is 2.62. The molecule has 0 heteroatoms.